The lowest BCUT2D eigenvalue weighted by Gasteiger charge is -2.27. The van der Waals surface area contributed by atoms with E-state index >= 15 is 0 Å². The first-order valence-electron chi connectivity index (χ1n) is 9.65. The van der Waals surface area contributed by atoms with Crippen molar-refractivity contribution in [3.63, 3.8) is 0 Å². The largest absolute Gasteiger partial charge is 0.351 e. The minimum absolute atomic E-state index is 0.326. The third kappa shape index (κ3) is 4.26. The summed E-state index contributed by atoms with van der Waals surface area (Å²) in [4.78, 5) is 20.1. The van der Waals surface area contributed by atoms with E-state index in [9.17, 15) is 0 Å². The zero-order valence-electron chi connectivity index (χ0n) is 16.0. The molecule has 0 unspecified atom stereocenters. The molecule has 3 N–H and O–H groups in total. The highest BCUT2D eigenvalue weighted by Crippen LogP contribution is 2.24. The smallest absolute Gasteiger partial charge is 0.224 e. The average molecular weight is 375 g/mol. The number of aromatic nitrogens is 4. The van der Waals surface area contributed by atoms with Gasteiger partial charge in [-0.1, -0.05) is 30.3 Å². The molecule has 0 amide bonds. The fraction of sp³-hybridized carbons (Fsp3) is 0.333. The Hall–Kier alpha value is -3.06. The number of rotatable bonds is 5. The molecule has 3 aromatic rings. The van der Waals surface area contributed by atoms with Gasteiger partial charge in [-0.05, 0) is 31.7 Å². The molecule has 2 heterocycles. The molecule has 7 nitrogen and oxygen atoms in total. The fourth-order valence-corrected chi connectivity index (χ4v) is 3.43. The molecule has 28 heavy (non-hydrogen) atoms. The van der Waals surface area contributed by atoms with Crippen molar-refractivity contribution in [3.8, 4) is 11.3 Å². The number of benzene rings is 1. The van der Waals surface area contributed by atoms with Gasteiger partial charge in [0.15, 0.2) is 5.82 Å². The lowest BCUT2D eigenvalue weighted by atomic mass is 9.92. The van der Waals surface area contributed by atoms with Crippen LogP contribution in [0.5, 0.6) is 0 Å². The second-order valence-corrected chi connectivity index (χ2v) is 7.18. The SMILES string of the molecule is CN(c1cncc(-c2ccccc2)n1)c1ccnc(NC2CCC(N)CC2)n1. The maximum Gasteiger partial charge on any atom is 0.224 e. The first-order valence-corrected chi connectivity index (χ1v) is 9.65. The van der Waals surface area contributed by atoms with Crippen LogP contribution in [0.15, 0.2) is 55.0 Å². The van der Waals surface area contributed by atoms with Gasteiger partial charge in [-0.25, -0.2) is 9.97 Å². The van der Waals surface area contributed by atoms with Gasteiger partial charge in [0.05, 0.1) is 18.1 Å². The summed E-state index contributed by atoms with van der Waals surface area (Å²) in [5.41, 5.74) is 7.86. The van der Waals surface area contributed by atoms with Gasteiger partial charge in [-0.3, -0.25) is 4.98 Å². The van der Waals surface area contributed by atoms with Crippen LogP contribution in [0.3, 0.4) is 0 Å². The third-order valence-corrected chi connectivity index (χ3v) is 5.12. The van der Waals surface area contributed by atoms with Gasteiger partial charge in [-0.2, -0.15) is 4.98 Å². The Morgan fingerprint density at radius 1 is 0.964 bits per heavy atom. The zero-order valence-corrected chi connectivity index (χ0v) is 16.0. The maximum atomic E-state index is 5.99. The van der Waals surface area contributed by atoms with Crippen LogP contribution in [0.1, 0.15) is 25.7 Å². The van der Waals surface area contributed by atoms with Crippen LogP contribution in [-0.4, -0.2) is 39.1 Å². The Bertz CT molecular complexity index is 907. The highest BCUT2D eigenvalue weighted by molar-refractivity contribution is 5.62. The van der Waals surface area contributed by atoms with Crippen LogP contribution < -0.4 is 16.0 Å². The van der Waals surface area contributed by atoms with E-state index in [0.717, 1.165) is 48.6 Å². The second kappa shape index (κ2) is 8.31. The summed E-state index contributed by atoms with van der Waals surface area (Å²) in [5, 5.41) is 3.44. The highest BCUT2D eigenvalue weighted by atomic mass is 15.3. The summed E-state index contributed by atoms with van der Waals surface area (Å²) in [5.74, 6) is 2.14. The van der Waals surface area contributed by atoms with E-state index in [0.29, 0.717) is 18.0 Å². The number of hydrogen-bond donors (Lipinski definition) is 2. The van der Waals surface area contributed by atoms with Gasteiger partial charge in [0.1, 0.15) is 5.82 Å². The van der Waals surface area contributed by atoms with Gasteiger partial charge in [0.2, 0.25) is 5.95 Å². The molecular formula is C21H25N7. The summed E-state index contributed by atoms with van der Waals surface area (Å²) in [6.07, 6.45) is 9.46. The van der Waals surface area contributed by atoms with E-state index in [2.05, 4.69) is 20.3 Å². The predicted octanol–water partition coefficient (Wildman–Crippen LogP) is 3.38. The molecule has 0 atom stereocenters. The molecule has 0 aliphatic heterocycles. The number of nitrogens with one attached hydrogen (secondary N) is 1. The summed E-state index contributed by atoms with van der Waals surface area (Å²) < 4.78 is 0. The van der Waals surface area contributed by atoms with E-state index in [1.807, 2.05) is 48.3 Å². The van der Waals surface area contributed by atoms with E-state index in [1.165, 1.54) is 0 Å². The molecule has 1 saturated carbocycles. The molecule has 4 rings (SSSR count). The Labute approximate surface area is 165 Å². The third-order valence-electron chi connectivity index (χ3n) is 5.12. The lowest BCUT2D eigenvalue weighted by molar-refractivity contribution is 0.410. The van der Waals surface area contributed by atoms with Crippen molar-refractivity contribution < 1.29 is 0 Å². The molecule has 1 fully saturated rings. The van der Waals surface area contributed by atoms with E-state index in [4.69, 9.17) is 10.7 Å². The number of hydrogen-bond acceptors (Lipinski definition) is 7. The highest BCUT2D eigenvalue weighted by Gasteiger charge is 2.19. The topological polar surface area (TPSA) is 92.9 Å². The lowest BCUT2D eigenvalue weighted by Crippen LogP contribution is -2.33. The van der Waals surface area contributed by atoms with E-state index in [1.54, 1.807) is 18.6 Å². The van der Waals surface area contributed by atoms with Gasteiger partial charge in [0.25, 0.3) is 0 Å². The Balaban J connectivity index is 1.51. The van der Waals surface area contributed by atoms with Crippen LogP contribution in [-0.2, 0) is 0 Å². The molecule has 1 aliphatic carbocycles. The van der Waals surface area contributed by atoms with Crippen LogP contribution in [0.25, 0.3) is 11.3 Å². The van der Waals surface area contributed by atoms with E-state index in [-0.39, 0.29) is 0 Å². The molecule has 1 aromatic carbocycles. The molecule has 0 radical (unpaired) electrons. The second-order valence-electron chi connectivity index (χ2n) is 7.18. The van der Waals surface area contributed by atoms with Crippen LogP contribution in [0.2, 0.25) is 0 Å². The Morgan fingerprint density at radius 2 is 1.75 bits per heavy atom. The fourth-order valence-electron chi connectivity index (χ4n) is 3.43. The maximum absolute atomic E-state index is 5.99. The Morgan fingerprint density at radius 3 is 2.54 bits per heavy atom. The van der Waals surface area contributed by atoms with Crippen molar-refractivity contribution >= 4 is 17.6 Å². The molecule has 1 aliphatic rings. The molecule has 2 aromatic heterocycles. The summed E-state index contributed by atoms with van der Waals surface area (Å²) in [6, 6.07) is 12.6. The van der Waals surface area contributed by atoms with Crippen molar-refractivity contribution in [1.29, 1.82) is 0 Å². The number of anilines is 3. The number of nitrogens with two attached hydrogens (primary N) is 1. The standard InChI is InChI=1S/C21H25N7/c1-28(20-14-23-13-18(26-20)15-5-3-2-4-6-15)19-11-12-24-21(27-19)25-17-9-7-16(22)8-10-17/h2-6,11-14,16-17H,7-10,22H2,1H3,(H,24,25,27). The molecule has 144 valence electrons. The van der Waals surface area contributed by atoms with Gasteiger partial charge >= 0.3 is 0 Å². The average Bonchev–Trinajstić information content (AvgIpc) is 2.76. The summed E-state index contributed by atoms with van der Waals surface area (Å²) >= 11 is 0. The molecule has 7 heteroatoms. The van der Waals surface area contributed by atoms with Crippen molar-refractivity contribution in [3.05, 3.63) is 55.0 Å². The van der Waals surface area contributed by atoms with Crippen molar-refractivity contribution in [2.24, 2.45) is 5.73 Å². The van der Waals surface area contributed by atoms with Gasteiger partial charge in [0, 0.05) is 30.9 Å². The first-order chi connectivity index (χ1) is 13.7. The molecule has 0 bridgehead atoms. The predicted molar refractivity (Wildman–Crippen MR) is 111 cm³/mol. The Kier molecular flexibility index (Phi) is 5.43. The quantitative estimate of drug-likeness (QED) is 0.706. The van der Waals surface area contributed by atoms with Crippen LogP contribution >= 0.6 is 0 Å². The minimum atomic E-state index is 0.326. The van der Waals surface area contributed by atoms with Gasteiger partial charge < -0.3 is 16.0 Å². The van der Waals surface area contributed by atoms with Crippen LogP contribution in [0, 0.1) is 0 Å². The van der Waals surface area contributed by atoms with Crippen molar-refractivity contribution in [1.82, 2.24) is 19.9 Å². The number of nitrogens with zero attached hydrogens (tertiary/aromatic N) is 5. The molecule has 0 spiro atoms. The van der Waals surface area contributed by atoms with E-state index < -0.39 is 0 Å². The summed E-state index contributed by atoms with van der Waals surface area (Å²) in [7, 11) is 1.94. The monoisotopic (exact) mass is 375 g/mol. The normalized spacial score (nSPS) is 19.2. The zero-order chi connectivity index (χ0) is 19.3. The van der Waals surface area contributed by atoms with Gasteiger partial charge in [-0.15, -0.1) is 0 Å². The summed E-state index contributed by atoms with van der Waals surface area (Å²) in [6.45, 7) is 0. The van der Waals surface area contributed by atoms with Crippen LogP contribution in [0.4, 0.5) is 17.6 Å². The minimum Gasteiger partial charge on any atom is -0.351 e. The molecular weight excluding hydrogens is 350 g/mol. The van der Waals surface area contributed by atoms with Crippen molar-refractivity contribution in [2.75, 3.05) is 17.3 Å². The molecule has 0 saturated heterocycles. The van der Waals surface area contributed by atoms with Crippen molar-refractivity contribution in [2.45, 2.75) is 37.8 Å². The first kappa shape index (κ1) is 18.3.